The summed E-state index contributed by atoms with van der Waals surface area (Å²) in [5.74, 6) is 0. The number of rotatable bonds is 10. The fourth-order valence-corrected chi connectivity index (χ4v) is 2.36. The number of benzene rings is 1. The van der Waals surface area contributed by atoms with Crippen LogP contribution >= 0.6 is 11.6 Å². The molecule has 0 radical (unpaired) electrons. The second-order valence-electron chi connectivity index (χ2n) is 5.67. The zero-order valence-electron chi connectivity index (χ0n) is 13.7. The van der Waals surface area contributed by atoms with Gasteiger partial charge in [0, 0.05) is 17.6 Å². The molecule has 3 nitrogen and oxygen atoms in total. The third-order valence-electron chi connectivity index (χ3n) is 3.45. The predicted octanol–water partition coefficient (Wildman–Crippen LogP) is 3.74. The Balaban J connectivity index is 2.42. The second-order valence-corrected chi connectivity index (χ2v) is 6.11. The lowest BCUT2D eigenvalue weighted by atomic mass is 10.0. The van der Waals surface area contributed by atoms with Crippen molar-refractivity contribution in [3.8, 4) is 0 Å². The fraction of sp³-hybridized carbons (Fsp3) is 0.647. The Morgan fingerprint density at radius 1 is 1.19 bits per heavy atom. The SMILES string of the molecule is CCNC(CCN(C)CCOC(C)C)c1ccc(Cl)cc1. The zero-order chi connectivity index (χ0) is 15.7. The average Bonchev–Trinajstić information content (AvgIpc) is 2.44. The molecule has 120 valence electrons. The van der Waals surface area contributed by atoms with Gasteiger partial charge in [-0.2, -0.15) is 0 Å². The maximum absolute atomic E-state index is 5.96. The standard InChI is InChI=1S/C17H29ClN2O/c1-5-19-17(15-6-8-16(18)9-7-15)10-11-20(4)12-13-21-14(2)3/h6-9,14,17,19H,5,10-13H2,1-4H3. The quantitative estimate of drug-likeness (QED) is 0.712. The van der Waals surface area contributed by atoms with Crippen molar-refractivity contribution in [3.05, 3.63) is 34.9 Å². The molecule has 0 spiro atoms. The van der Waals surface area contributed by atoms with Gasteiger partial charge in [0.1, 0.15) is 0 Å². The van der Waals surface area contributed by atoms with Crippen molar-refractivity contribution >= 4 is 11.6 Å². The van der Waals surface area contributed by atoms with Gasteiger partial charge in [-0.15, -0.1) is 0 Å². The summed E-state index contributed by atoms with van der Waals surface area (Å²) in [4.78, 5) is 2.32. The minimum Gasteiger partial charge on any atom is -0.377 e. The molecule has 0 saturated heterocycles. The highest BCUT2D eigenvalue weighted by molar-refractivity contribution is 6.30. The second kappa shape index (κ2) is 10.2. The summed E-state index contributed by atoms with van der Waals surface area (Å²) in [6.45, 7) is 10.1. The van der Waals surface area contributed by atoms with Crippen molar-refractivity contribution in [2.45, 2.75) is 39.3 Å². The van der Waals surface area contributed by atoms with Crippen molar-refractivity contribution in [2.24, 2.45) is 0 Å². The topological polar surface area (TPSA) is 24.5 Å². The Labute approximate surface area is 134 Å². The highest BCUT2D eigenvalue weighted by atomic mass is 35.5. The van der Waals surface area contributed by atoms with E-state index >= 15 is 0 Å². The van der Waals surface area contributed by atoms with Crippen molar-refractivity contribution in [3.63, 3.8) is 0 Å². The maximum Gasteiger partial charge on any atom is 0.0596 e. The van der Waals surface area contributed by atoms with Crippen molar-refractivity contribution in [2.75, 3.05) is 33.3 Å². The van der Waals surface area contributed by atoms with E-state index in [0.29, 0.717) is 12.1 Å². The van der Waals surface area contributed by atoms with Gasteiger partial charge in [0.05, 0.1) is 12.7 Å². The Bertz CT molecular complexity index is 381. The van der Waals surface area contributed by atoms with Crippen molar-refractivity contribution < 1.29 is 4.74 Å². The van der Waals surface area contributed by atoms with E-state index in [0.717, 1.165) is 37.7 Å². The minimum absolute atomic E-state index is 0.307. The van der Waals surface area contributed by atoms with Gasteiger partial charge < -0.3 is 15.0 Å². The summed E-state index contributed by atoms with van der Waals surface area (Å²) in [6, 6.07) is 8.51. The lowest BCUT2D eigenvalue weighted by molar-refractivity contribution is 0.0632. The van der Waals surface area contributed by atoms with Crippen LogP contribution in [0.15, 0.2) is 24.3 Å². The first kappa shape index (κ1) is 18.4. The molecule has 1 rings (SSSR count). The molecule has 1 unspecified atom stereocenters. The van der Waals surface area contributed by atoms with Crippen LogP contribution in [0.1, 0.15) is 38.8 Å². The van der Waals surface area contributed by atoms with E-state index in [-0.39, 0.29) is 0 Å². The molecule has 21 heavy (non-hydrogen) atoms. The van der Waals surface area contributed by atoms with Crippen LogP contribution < -0.4 is 5.32 Å². The summed E-state index contributed by atoms with van der Waals surface area (Å²) in [5, 5.41) is 4.34. The molecule has 1 aromatic rings. The van der Waals surface area contributed by atoms with E-state index in [1.165, 1.54) is 5.56 Å². The number of nitrogens with zero attached hydrogens (tertiary/aromatic N) is 1. The van der Waals surface area contributed by atoms with E-state index in [1.807, 2.05) is 12.1 Å². The van der Waals surface area contributed by atoms with Crippen molar-refractivity contribution in [1.29, 1.82) is 0 Å². The van der Waals surface area contributed by atoms with Crippen molar-refractivity contribution in [1.82, 2.24) is 10.2 Å². The van der Waals surface area contributed by atoms with Crippen LogP contribution in [0.4, 0.5) is 0 Å². The maximum atomic E-state index is 5.96. The lowest BCUT2D eigenvalue weighted by Gasteiger charge is -2.23. The molecule has 0 heterocycles. The molecule has 1 atom stereocenters. The summed E-state index contributed by atoms with van der Waals surface area (Å²) in [7, 11) is 2.15. The van der Waals surface area contributed by atoms with Crippen LogP contribution in [0.25, 0.3) is 0 Å². The highest BCUT2D eigenvalue weighted by Gasteiger charge is 2.11. The summed E-state index contributed by atoms with van der Waals surface area (Å²) in [6.07, 6.45) is 1.38. The normalized spacial score (nSPS) is 13.1. The molecule has 0 bridgehead atoms. The smallest absolute Gasteiger partial charge is 0.0596 e. The Morgan fingerprint density at radius 3 is 2.43 bits per heavy atom. The van der Waals surface area contributed by atoms with Crippen LogP contribution in [0.2, 0.25) is 5.02 Å². The zero-order valence-corrected chi connectivity index (χ0v) is 14.5. The van der Waals surface area contributed by atoms with Crippen LogP contribution in [0, 0.1) is 0 Å². The molecular weight excluding hydrogens is 284 g/mol. The van der Waals surface area contributed by atoms with Gasteiger partial charge >= 0.3 is 0 Å². The van der Waals surface area contributed by atoms with E-state index in [2.05, 4.69) is 50.2 Å². The minimum atomic E-state index is 0.307. The molecule has 0 aliphatic heterocycles. The van der Waals surface area contributed by atoms with Gasteiger partial charge in [-0.05, 0) is 58.1 Å². The van der Waals surface area contributed by atoms with Gasteiger partial charge in [-0.1, -0.05) is 30.7 Å². The molecule has 0 aliphatic carbocycles. The summed E-state index contributed by atoms with van der Waals surface area (Å²) >= 11 is 5.96. The monoisotopic (exact) mass is 312 g/mol. The predicted molar refractivity (Wildman–Crippen MR) is 91.1 cm³/mol. The number of ether oxygens (including phenoxy) is 1. The molecule has 1 aromatic carbocycles. The van der Waals surface area contributed by atoms with Gasteiger partial charge in [-0.25, -0.2) is 0 Å². The molecule has 0 fully saturated rings. The van der Waals surface area contributed by atoms with Gasteiger partial charge in [0.25, 0.3) is 0 Å². The number of likely N-dealkylation sites (N-methyl/N-ethyl adjacent to an activating group) is 1. The Hall–Kier alpha value is -0.610. The van der Waals surface area contributed by atoms with Crippen LogP contribution in [0.5, 0.6) is 0 Å². The van der Waals surface area contributed by atoms with E-state index in [4.69, 9.17) is 16.3 Å². The lowest BCUT2D eigenvalue weighted by Crippen LogP contribution is -2.29. The first-order valence-corrected chi connectivity index (χ1v) is 8.19. The fourth-order valence-electron chi connectivity index (χ4n) is 2.23. The molecule has 0 aliphatic rings. The third-order valence-corrected chi connectivity index (χ3v) is 3.70. The van der Waals surface area contributed by atoms with E-state index in [1.54, 1.807) is 0 Å². The Morgan fingerprint density at radius 2 is 1.86 bits per heavy atom. The molecule has 0 amide bonds. The molecular formula is C17H29ClN2O. The average molecular weight is 313 g/mol. The molecule has 4 heteroatoms. The van der Waals surface area contributed by atoms with Crippen LogP contribution in [0.3, 0.4) is 0 Å². The Kier molecular flexibility index (Phi) is 8.93. The van der Waals surface area contributed by atoms with E-state index in [9.17, 15) is 0 Å². The molecule has 0 aromatic heterocycles. The number of nitrogens with one attached hydrogen (secondary N) is 1. The number of hydrogen-bond acceptors (Lipinski definition) is 3. The van der Waals surface area contributed by atoms with E-state index < -0.39 is 0 Å². The first-order valence-electron chi connectivity index (χ1n) is 7.82. The first-order chi connectivity index (χ1) is 10.0. The third kappa shape index (κ3) is 7.82. The van der Waals surface area contributed by atoms with Crippen LogP contribution in [-0.4, -0.2) is 44.3 Å². The van der Waals surface area contributed by atoms with Gasteiger partial charge in [-0.3, -0.25) is 0 Å². The largest absolute Gasteiger partial charge is 0.377 e. The van der Waals surface area contributed by atoms with Crippen LogP contribution in [-0.2, 0) is 4.74 Å². The molecule has 1 N–H and O–H groups in total. The van der Waals surface area contributed by atoms with Gasteiger partial charge in [0.2, 0.25) is 0 Å². The number of halogens is 1. The number of hydrogen-bond donors (Lipinski definition) is 1. The summed E-state index contributed by atoms with van der Waals surface area (Å²) < 4.78 is 5.59. The summed E-state index contributed by atoms with van der Waals surface area (Å²) in [5.41, 5.74) is 1.30. The highest BCUT2D eigenvalue weighted by Crippen LogP contribution is 2.19. The molecule has 0 saturated carbocycles. The van der Waals surface area contributed by atoms with Gasteiger partial charge in [0.15, 0.2) is 0 Å².